The largest absolute Gasteiger partial charge is 0.255 e. The Morgan fingerprint density at radius 3 is 2.61 bits per heavy atom. The van der Waals surface area contributed by atoms with Crippen LogP contribution in [-0.4, -0.2) is 40.4 Å². The molecule has 0 radical (unpaired) electrons. The summed E-state index contributed by atoms with van der Waals surface area (Å²) in [5.41, 5.74) is 3.93. The highest BCUT2D eigenvalue weighted by atomic mass is 15.5. The Bertz CT molecular complexity index is 1130. The lowest BCUT2D eigenvalue weighted by Crippen LogP contribution is -2.07. The van der Waals surface area contributed by atoms with Crippen LogP contribution >= 0.6 is 0 Å². The zero-order valence-corrected chi connectivity index (χ0v) is 19.7. The average molecular weight is 445 g/mol. The smallest absolute Gasteiger partial charge is 0.181 e. The van der Waals surface area contributed by atoms with Gasteiger partial charge >= 0.3 is 0 Å². The van der Waals surface area contributed by atoms with Gasteiger partial charge in [0.05, 0.1) is 12.2 Å². The molecule has 8 heteroatoms. The number of aryl methyl sites for hydroxylation is 2. The van der Waals surface area contributed by atoms with Crippen LogP contribution in [0, 0.1) is 5.92 Å². The van der Waals surface area contributed by atoms with Gasteiger partial charge in [-0.05, 0) is 46.9 Å². The number of H-pyrrole nitrogens is 1. The summed E-state index contributed by atoms with van der Waals surface area (Å²) < 4.78 is 2.09. The molecule has 4 aromatic rings. The van der Waals surface area contributed by atoms with Gasteiger partial charge in [-0.25, -0.2) is 14.8 Å². The summed E-state index contributed by atoms with van der Waals surface area (Å²) in [7, 11) is 0. The maximum absolute atomic E-state index is 4.87. The van der Waals surface area contributed by atoms with Gasteiger partial charge in [0.15, 0.2) is 11.6 Å². The van der Waals surface area contributed by atoms with Crippen LogP contribution in [-0.2, 0) is 19.4 Å². The third kappa shape index (κ3) is 5.88. The van der Waals surface area contributed by atoms with Crippen molar-refractivity contribution in [3.05, 3.63) is 59.8 Å². The number of aromatic nitrogens is 8. The molecular formula is C25H32N8. The molecule has 1 aromatic carbocycles. The van der Waals surface area contributed by atoms with Crippen LogP contribution < -0.4 is 0 Å². The minimum Gasteiger partial charge on any atom is -0.255 e. The van der Waals surface area contributed by atoms with Crippen molar-refractivity contribution in [3.63, 3.8) is 0 Å². The Balaban J connectivity index is 1.53. The van der Waals surface area contributed by atoms with Crippen LogP contribution in [0.15, 0.2) is 42.6 Å². The highest BCUT2D eigenvalue weighted by Crippen LogP contribution is 2.27. The molecule has 3 aromatic heterocycles. The van der Waals surface area contributed by atoms with E-state index >= 15 is 0 Å². The van der Waals surface area contributed by atoms with E-state index in [0.717, 1.165) is 60.7 Å². The lowest BCUT2D eigenvalue weighted by atomic mass is 10.0. The van der Waals surface area contributed by atoms with Gasteiger partial charge in [-0.3, -0.25) is 4.98 Å². The molecule has 3 heterocycles. The molecule has 1 N–H and O–H groups in total. The predicted molar refractivity (Wildman–Crippen MR) is 128 cm³/mol. The molecule has 4 rings (SSSR count). The molecule has 0 unspecified atom stereocenters. The summed E-state index contributed by atoms with van der Waals surface area (Å²) >= 11 is 0. The second-order valence-corrected chi connectivity index (χ2v) is 8.84. The second kappa shape index (κ2) is 10.9. The third-order valence-corrected chi connectivity index (χ3v) is 5.71. The average Bonchev–Trinajstić information content (AvgIpc) is 3.49. The Labute approximate surface area is 194 Å². The predicted octanol–water partition coefficient (Wildman–Crippen LogP) is 4.89. The Kier molecular flexibility index (Phi) is 7.55. The van der Waals surface area contributed by atoms with E-state index in [2.05, 4.69) is 75.3 Å². The van der Waals surface area contributed by atoms with E-state index in [9.17, 15) is 0 Å². The van der Waals surface area contributed by atoms with Gasteiger partial charge in [-0.2, -0.15) is 5.10 Å². The Morgan fingerprint density at radius 1 is 1.03 bits per heavy atom. The number of nitrogens with one attached hydrogen (secondary N) is 1. The van der Waals surface area contributed by atoms with E-state index in [1.54, 1.807) is 6.20 Å². The van der Waals surface area contributed by atoms with Crippen molar-refractivity contribution in [1.82, 2.24) is 40.4 Å². The van der Waals surface area contributed by atoms with Crippen LogP contribution in [0.4, 0.5) is 0 Å². The number of pyridine rings is 1. The van der Waals surface area contributed by atoms with E-state index in [1.807, 2.05) is 12.1 Å². The van der Waals surface area contributed by atoms with Gasteiger partial charge in [0.1, 0.15) is 5.82 Å². The van der Waals surface area contributed by atoms with Crippen LogP contribution in [0.1, 0.15) is 63.7 Å². The van der Waals surface area contributed by atoms with Gasteiger partial charge in [0.2, 0.25) is 0 Å². The van der Waals surface area contributed by atoms with Crippen molar-refractivity contribution in [2.45, 2.75) is 65.8 Å². The van der Waals surface area contributed by atoms with Gasteiger partial charge in [0.25, 0.3) is 0 Å². The number of hydrogen-bond donors (Lipinski definition) is 1. The summed E-state index contributed by atoms with van der Waals surface area (Å²) in [6.45, 7) is 7.43. The second-order valence-electron chi connectivity index (χ2n) is 8.84. The van der Waals surface area contributed by atoms with E-state index in [-0.39, 0.29) is 0 Å². The number of aromatic amines is 1. The number of benzene rings is 1. The molecule has 0 aliphatic rings. The van der Waals surface area contributed by atoms with E-state index in [4.69, 9.17) is 10.1 Å². The monoisotopic (exact) mass is 444 g/mol. The minimum absolute atomic E-state index is 0.607. The molecule has 0 saturated heterocycles. The van der Waals surface area contributed by atoms with E-state index in [1.165, 1.54) is 18.4 Å². The lowest BCUT2D eigenvalue weighted by Gasteiger charge is -2.09. The van der Waals surface area contributed by atoms with Crippen LogP contribution in [0.3, 0.4) is 0 Å². The lowest BCUT2D eigenvalue weighted by molar-refractivity contribution is 0.567. The van der Waals surface area contributed by atoms with Gasteiger partial charge < -0.3 is 0 Å². The fourth-order valence-electron chi connectivity index (χ4n) is 3.84. The summed E-state index contributed by atoms with van der Waals surface area (Å²) in [5.74, 6) is 3.31. The van der Waals surface area contributed by atoms with E-state index in [0.29, 0.717) is 11.7 Å². The Hall–Kier alpha value is -3.42. The molecule has 0 fully saturated rings. The number of tetrazole rings is 1. The fourth-order valence-corrected chi connectivity index (χ4v) is 3.84. The van der Waals surface area contributed by atoms with Crippen molar-refractivity contribution >= 4 is 0 Å². The molecule has 0 saturated carbocycles. The van der Waals surface area contributed by atoms with Gasteiger partial charge in [0, 0.05) is 30.2 Å². The fraction of sp³-hybridized carbons (Fsp3) is 0.440. The van der Waals surface area contributed by atoms with Crippen molar-refractivity contribution in [2.24, 2.45) is 5.92 Å². The summed E-state index contributed by atoms with van der Waals surface area (Å²) in [4.78, 5) is 9.44. The van der Waals surface area contributed by atoms with E-state index < -0.39 is 0 Å². The number of unbranched alkanes of at least 4 members (excludes halogenated alkanes) is 2. The standard InChI is InChI=1S/C25H32N8/c1-4-5-6-9-23-27-22(15-10-18(2)3)30-33(23)17-19-11-13-20(14-12-19)24-21(8-7-16-26-24)25-28-31-32-29-25/h7-8,11-14,16,18H,4-6,9-10,15,17H2,1-3H3,(H,28,29,31,32). The van der Waals surface area contributed by atoms with Gasteiger partial charge in [-0.15, -0.1) is 5.10 Å². The maximum atomic E-state index is 4.87. The normalized spacial score (nSPS) is 11.4. The van der Waals surface area contributed by atoms with Crippen LogP contribution in [0.25, 0.3) is 22.6 Å². The summed E-state index contributed by atoms with van der Waals surface area (Å²) in [6, 6.07) is 12.3. The number of rotatable bonds is 11. The molecule has 0 bridgehead atoms. The first-order valence-corrected chi connectivity index (χ1v) is 11.8. The molecule has 8 nitrogen and oxygen atoms in total. The quantitative estimate of drug-likeness (QED) is 0.331. The van der Waals surface area contributed by atoms with Crippen LogP contribution in [0.5, 0.6) is 0 Å². The van der Waals surface area contributed by atoms with Crippen molar-refractivity contribution in [2.75, 3.05) is 0 Å². The first kappa shape index (κ1) is 22.8. The summed E-state index contributed by atoms with van der Waals surface area (Å²) in [5, 5.41) is 19.1. The molecule has 0 amide bonds. The first-order valence-electron chi connectivity index (χ1n) is 11.8. The molecule has 0 spiro atoms. The molecule has 0 aliphatic carbocycles. The van der Waals surface area contributed by atoms with Gasteiger partial charge in [-0.1, -0.05) is 57.9 Å². The zero-order valence-electron chi connectivity index (χ0n) is 19.7. The highest BCUT2D eigenvalue weighted by Gasteiger charge is 2.13. The molecule has 33 heavy (non-hydrogen) atoms. The molecular weight excluding hydrogens is 412 g/mol. The minimum atomic E-state index is 0.607. The molecule has 0 atom stereocenters. The van der Waals surface area contributed by atoms with Crippen molar-refractivity contribution in [3.8, 4) is 22.6 Å². The SMILES string of the molecule is CCCCCc1nc(CCC(C)C)nn1Cc1ccc(-c2ncccc2-c2nnn[nH]2)cc1. The van der Waals surface area contributed by atoms with Crippen molar-refractivity contribution in [1.29, 1.82) is 0 Å². The third-order valence-electron chi connectivity index (χ3n) is 5.71. The zero-order chi connectivity index (χ0) is 23.0. The number of hydrogen-bond acceptors (Lipinski definition) is 6. The topological polar surface area (TPSA) is 98.1 Å². The first-order chi connectivity index (χ1) is 16.1. The number of nitrogens with zero attached hydrogens (tertiary/aromatic N) is 7. The maximum Gasteiger partial charge on any atom is 0.181 e. The highest BCUT2D eigenvalue weighted by molar-refractivity contribution is 5.76. The molecule has 0 aliphatic heterocycles. The van der Waals surface area contributed by atoms with Crippen molar-refractivity contribution < 1.29 is 0 Å². The van der Waals surface area contributed by atoms with Crippen LogP contribution in [0.2, 0.25) is 0 Å². The molecule has 172 valence electrons. The summed E-state index contributed by atoms with van der Waals surface area (Å²) in [6.07, 6.45) is 8.38. The Morgan fingerprint density at radius 2 is 1.88 bits per heavy atom.